The zero-order valence-corrected chi connectivity index (χ0v) is 13.1. The highest BCUT2D eigenvalue weighted by atomic mass is 32.1. The van der Waals surface area contributed by atoms with E-state index < -0.39 is 5.97 Å². The molecule has 1 aliphatic rings. The molecule has 1 N–H and O–H groups in total. The zero-order chi connectivity index (χ0) is 15.1. The highest BCUT2D eigenvalue weighted by Gasteiger charge is 2.36. The highest BCUT2D eigenvalue weighted by molar-refractivity contribution is 7.14. The van der Waals surface area contributed by atoms with Crippen LogP contribution in [0.3, 0.4) is 0 Å². The van der Waals surface area contributed by atoms with Crippen molar-refractivity contribution in [3.8, 4) is 0 Å². The van der Waals surface area contributed by atoms with Crippen LogP contribution in [-0.2, 0) is 10.2 Å². The van der Waals surface area contributed by atoms with E-state index in [1.807, 2.05) is 6.92 Å². The summed E-state index contributed by atoms with van der Waals surface area (Å²) in [6.07, 6.45) is 1.78. The summed E-state index contributed by atoms with van der Waals surface area (Å²) in [5, 5.41) is 9.86. The second-order valence-corrected chi connectivity index (χ2v) is 7.24. The number of aryl methyl sites for hydroxylation is 1. The smallest absolute Gasteiger partial charge is 0.323 e. The Kier molecular flexibility index (Phi) is 3.86. The average Bonchev–Trinajstić information content (AvgIpc) is 3.06. The number of hydrogen-bond acceptors (Lipinski definition) is 4. The van der Waals surface area contributed by atoms with Crippen LogP contribution in [0.2, 0.25) is 0 Å². The van der Waals surface area contributed by atoms with Gasteiger partial charge in [-0.05, 0) is 19.8 Å². The molecule has 0 aromatic carbocycles. The first-order chi connectivity index (χ1) is 9.20. The van der Waals surface area contributed by atoms with E-state index in [9.17, 15) is 9.59 Å². The fourth-order valence-corrected chi connectivity index (χ4v) is 3.02. The molecular weight excluding hydrogens is 276 g/mol. The van der Waals surface area contributed by atoms with E-state index in [1.54, 1.807) is 0 Å². The van der Waals surface area contributed by atoms with Crippen molar-refractivity contribution < 1.29 is 14.7 Å². The molecule has 0 spiro atoms. The van der Waals surface area contributed by atoms with Crippen LogP contribution < -0.4 is 0 Å². The van der Waals surface area contributed by atoms with E-state index in [0.29, 0.717) is 10.6 Å². The van der Waals surface area contributed by atoms with Gasteiger partial charge in [0.1, 0.15) is 11.4 Å². The number of carbonyl (C=O) groups is 2. The quantitative estimate of drug-likeness (QED) is 0.926. The minimum Gasteiger partial charge on any atom is -0.480 e. The van der Waals surface area contributed by atoms with Crippen LogP contribution in [0.4, 0.5) is 0 Å². The first-order valence-electron chi connectivity index (χ1n) is 6.71. The van der Waals surface area contributed by atoms with Crippen molar-refractivity contribution in [3.05, 3.63) is 15.6 Å². The first kappa shape index (κ1) is 15.0. The number of rotatable bonds is 4. The Morgan fingerprint density at radius 3 is 2.40 bits per heavy atom. The van der Waals surface area contributed by atoms with Gasteiger partial charge in [0.2, 0.25) is 0 Å². The third kappa shape index (κ3) is 3.17. The van der Waals surface area contributed by atoms with Crippen molar-refractivity contribution in [1.29, 1.82) is 0 Å². The molecule has 6 heteroatoms. The second kappa shape index (κ2) is 5.16. The average molecular weight is 296 g/mol. The van der Waals surface area contributed by atoms with Gasteiger partial charge in [0.25, 0.3) is 5.91 Å². The Morgan fingerprint density at radius 1 is 1.40 bits per heavy atom. The van der Waals surface area contributed by atoms with Gasteiger partial charge in [-0.15, -0.1) is 11.3 Å². The number of aliphatic carboxylic acids is 1. The van der Waals surface area contributed by atoms with E-state index in [-0.39, 0.29) is 23.9 Å². The van der Waals surface area contributed by atoms with Crippen molar-refractivity contribution >= 4 is 23.2 Å². The molecule has 5 nitrogen and oxygen atoms in total. The maximum absolute atomic E-state index is 12.6. The number of hydrogen-bond donors (Lipinski definition) is 1. The van der Waals surface area contributed by atoms with Gasteiger partial charge in [-0.1, -0.05) is 20.8 Å². The minimum atomic E-state index is -0.969. The molecule has 2 rings (SSSR count). The van der Waals surface area contributed by atoms with Gasteiger partial charge < -0.3 is 10.0 Å². The largest absolute Gasteiger partial charge is 0.480 e. The number of nitrogens with zero attached hydrogens (tertiary/aromatic N) is 2. The molecule has 0 radical (unpaired) electrons. The van der Waals surface area contributed by atoms with Crippen molar-refractivity contribution in [2.75, 3.05) is 6.54 Å². The number of carboxylic acid groups (broad SMARTS) is 1. The second-order valence-electron chi connectivity index (χ2n) is 6.24. The normalized spacial score (nSPS) is 15.2. The molecule has 0 aliphatic heterocycles. The Labute approximate surface area is 122 Å². The first-order valence-corrected chi connectivity index (χ1v) is 7.52. The van der Waals surface area contributed by atoms with E-state index >= 15 is 0 Å². The lowest BCUT2D eigenvalue weighted by atomic mass is 9.98. The predicted molar refractivity (Wildman–Crippen MR) is 77.2 cm³/mol. The molecule has 1 fully saturated rings. The standard InChI is InChI=1S/C14H20N2O3S/c1-8-11(20-13(15-8)14(2,3)4)12(19)16(7-10(17)18)9-5-6-9/h9H,5-7H2,1-4H3,(H,17,18). The lowest BCUT2D eigenvalue weighted by molar-refractivity contribution is -0.137. The van der Waals surface area contributed by atoms with Gasteiger partial charge in [0.15, 0.2) is 0 Å². The number of carbonyl (C=O) groups excluding carboxylic acids is 1. The molecule has 1 amide bonds. The van der Waals surface area contributed by atoms with E-state index in [2.05, 4.69) is 25.8 Å². The van der Waals surface area contributed by atoms with E-state index in [0.717, 1.165) is 17.8 Å². The Hall–Kier alpha value is -1.43. The molecule has 1 aliphatic carbocycles. The fourth-order valence-electron chi connectivity index (χ4n) is 1.94. The topological polar surface area (TPSA) is 70.5 Å². The molecule has 0 saturated heterocycles. The third-order valence-corrected chi connectivity index (χ3v) is 4.76. The summed E-state index contributed by atoms with van der Waals surface area (Å²) in [5.41, 5.74) is 0.589. The fraction of sp³-hybridized carbons (Fsp3) is 0.643. The van der Waals surface area contributed by atoms with E-state index in [1.165, 1.54) is 16.2 Å². The highest BCUT2D eigenvalue weighted by Crippen LogP contribution is 2.33. The predicted octanol–water partition coefficient (Wildman–Crippen LogP) is 2.44. The summed E-state index contributed by atoms with van der Waals surface area (Å²) in [5.74, 6) is -1.16. The molecule has 20 heavy (non-hydrogen) atoms. The van der Waals surface area contributed by atoms with Crippen LogP contribution in [0, 0.1) is 6.92 Å². The molecular formula is C14H20N2O3S. The summed E-state index contributed by atoms with van der Waals surface area (Å²) < 4.78 is 0. The van der Waals surface area contributed by atoms with Gasteiger partial charge >= 0.3 is 5.97 Å². The van der Waals surface area contributed by atoms with Crippen LogP contribution >= 0.6 is 11.3 Å². The lowest BCUT2D eigenvalue weighted by Gasteiger charge is -2.19. The molecule has 1 heterocycles. The summed E-state index contributed by atoms with van der Waals surface area (Å²) in [4.78, 5) is 30.0. The molecule has 1 saturated carbocycles. The van der Waals surface area contributed by atoms with Crippen molar-refractivity contribution in [1.82, 2.24) is 9.88 Å². The van der Waals surface area contributed by atoms with Gasteiger partial charge in [-0.25, -0.2) is 4.98 Å². The van der Waals surface area contributed by atoms with Crippen molar-refractivity contribution in [3.63, 3.8) is 0 Å². The van der Waals surface area contributed by atoms with Gasteiger partial charge in [0.05, 0.1) is 10.7 Å². The van der Waals surface area contributed by atoms with Gasteiger partial charge in [0, 0.05) is 11.5 Å². The monoisotopic (exact) mass is 296 g/mol. The SMILES string of the molecule is Cc1nc(C(C)(C)C)sc1C(=O)N(CC(=O)O)C1CC1. The van der Waals surface area contributed by atoms with Crippen molar-refractivity contribution in [2.45, 2.75) is 52.0 Å². The van der Waals surface area contributed by atoms with Crippen LogP contribution in [0.15, 0.2) is 0 Å². The molecule has 0 unspecified atom stereocenters. The number of aromatic nitrogens is 1. The van der Waals surface area contributed by atoms with Crippen LogP contribution in [0.5, 0.6) is 0 Å². The molecule has 0 bridgehead atoms. The van der Waals surface area contributed by atoms with E-state index in [4.69, 9.17) is 5.11 Å². The van der Waals surface area contributed by atoms with Gasteiger partial charge in [-0.2, -0.15) is 0 Å². The Bertz CT molecular complexity index is 541. The third-order valence-electron chi connectivity index (χ3n) is 3.19. The Morgan fingerprint density at radius 2 is 2.00 bits per heavy atom. The zero-order valence-electron chi connectivity index (χ0n) is 12.3. The lowest BCUT2D eigenvalue weighted by Crippen LogP contribution is -2.37. The van der Waals surface area contributed by atoms with Crippen molar-refractivity contribution in [2.24, 2.45) is 0 Å². The number of carboxylic acids is 1. The number of thiazole rings is 1. The van der Waals surface area contributed by atoms with Crippen LogP contribution in [0.1, 0.15) is 54.0 Å². The number of amides is 1. The molecule has 1 aromatic rings. The summed E-state index contributed by atoms with van der Waals surface area (Å²) in [6.45, 7) is 7.73. The van der Waals surface area contributed by atoms with Crippen LogP contribution in [0.25, 0.3) is 0 Å². The molecule has 0 atom stereocenters. The summed E-state index contributed by atoms with van der Waals surface area (Å²) in [7, 11) is 0. The summed E-state index contributed by atoms with van der Waals surface area (Å²) >= 11 is 1.38. The minimum absolute atomic E-state index is 0.0817. The van der Waals surface area contributed by atoms with Gasteiger partial charge in [-0.3, -0.25) is 9.59 Å². The Balaban J connectivity index is 2.27. The van der Waals surface area contributed by atoms with Crippen LogP contribution in [-0.4, -0.2) is 39.5 Å². The molecule has 1 aromatic heterocycles. The molecule has 110 valence electrons. The maximum atomic E-state index is 12.6. The maximum Gasteiger partial charge on any atom is 0.323 e. The summed E-state index contributed by atoms with van der Waals surface area (Å²) in [6, 6.07) is 0.0817.